The van der Waals surface area contributed by atoms with Gasteiger partial charge in [-0.2, -0.15) is 0 Å². The Hall–Kier alpha value is -3.01. The summed E-state index contributed by atoms with van der Waals surface area (Å²) in [6.45, 7) is 6.42. The maximum Gasteiger partial charge on any atom is 0.235 e. The predicted octanol–water partition coefficient (Wildman–Crippen LogP) is 5.22. The minimum absolute atomic E-state index is 0.114. The fraction of sp³-hybridized carbons (Fsp3) is 0.318. The van der Waals surface area contributed by atoms with E-state index < -0.39 is 29.3 Å². The average molecular weight is 465 g/mol. The smallest absolute Gasteiger partial charge is 0.235 e. The Labute approximate surface area is 188 Å². The van der Waals surface area contributed by atoms with Crippen molar-refractivity contribution in [2.24, 2.45) is 5.92 Å². The molecule has 6 nitrogen and oxygen atoms in total. The van der Waals surface area contributed by atoms with Crippen molar-refractivity contribution in [1.82, 2.24) is 14.8 Å². The number of nitrogens with zero attached hydrogens (tertiary/aromatic N) is 3. The maximum absolute atomic E-state index is 13.8. The largest absolute Gasteiger partial charge is 0.483 e. The molecule has 0 radical (unpaired) electrons. The highest BCUT2D eigenvalue weighted by atomic mass is 32.2. The number of aromatic nitrogens is 3. The number of hydrogen-bond donors (Lipinski definition) is 1. The third-order valence-electron chi connectivity index (χ3n) is 4.34. The molecule has 10 heteroatoms. The number of halogens is 3. The molecule has 0 aliphatic rings. The molecule has 1 heterocycles. The van der Waals surface area contributed by atoms with Crippen molar-refractivity contribution >= 4 is 23.4 Å². The summed E-state index contributed by atoms with van der Waals surface area (Å²) in [5, 5.41) is 11.1. The molecule has 170 valence electrons. The van der Waals surface area contributed by atoms with Gasteiger partial charge in [0.15, 0.2) is 17.1 Å². The predicted molar refractivity (Wildman–Crippen MR) is 116 cm³/mol. The first-order valence-electron chi connectivity index (χ1n) is 9.96. The number of hydrogen-bond acceptors (Lipinski definition) is 5. The van der Waals surface area contributed by atoms with Crippen LogP contribution in [0.15, 0.2) is 47.6 Å². The van der Waals surface area contributed by atoms with Gasteiger partial charge < -0.3 is 14.6 Å². The summed E-state index contributed by atoms with van der Waals surface area (Å²) in [6, 6.07) is 9.02. The zero-order valence-corrected chi connectivity index (χ0v) is 18.6. The van der Waals surface area contributed by atoms with Crippen molar-refractivity contribution in [2.75, 3.05) is 11.1 Å². The highest BCUT2D eigenvalue weighted by Crippen LogP contribution is 2.26. The standard InChI is InChI=1S/C22H23F3N4O2S/c1-13(2)11-29-21(14(3)31-16-9-7-15(23)8-10-16)27-28-22(29)32-12-19(30)26-20-17(24)5-4-6-18(20)25/h4-10,13-14H,11-12H2,1-3H3,(H,26,30). The van der Waals surface area contributed by atoms with Gasteiger partial charge in [0.1, 0.15) is 28.9 Å². The van der Waals surface area contributed by atoms with Crippen LogP contribution in [0.3, 0.4) is 0 Å². The number of carbonyl (C=O) groups is 1. The molecule has 0 spiro atoms. The summed E-state index contributed by atoms with van der Waals surface area (Å²) in [4.78, 5) is 12.3. The lowest BCUT2D eigenvalue weighted by Gasteiger charge is -2.17. The van der Waals surface area contributed by atoms with Gasteiger partial charge in [-0.1, -0.05) is 31.7 Å². The lowest BCUT2D eigenvalue weighted by atomic mass is 10.2. The van der Waals surface area contributed by atoms with Crippen LogP contribution in [0.4, 0.5) is 18.9 Å². The van der Waals surface area contributed by atoms with E-state index in [9.17, 15) is 18.0 Å². The molecule has 1 N–H and O–H groups in total. The summed E-state index contributed by atoms with van der Waals surface area (Å²) in [5.74, 6) is -1.46. The number of nitrogens with one attached hydrogen (secondary N) is 1. The van der Waals surface area contributed by atoms with Gasteiger partial charge in [-0.3, -0.25) is 4.79 Å². The first-order valence-corrected chi connectivity index (χ1v) is 10.9. The Morgan fingerprint density at radius 3 is 2.34 bits per heavy atom. The van der Waals surface area contributed by atoms with Crippen molar-refractivity contribution in [3.8, 4) is 5.75 Å². The summed E-state index contributed by atoms with van der Waals surface area (Å²) in [6.07, 6.45) is -0.484. The minimum atomic E-state index is -0.847. The number of carbonyl (C=O) groups excluding carboxylic acids is 1. The van der Waals surface area contributed by atoms with Gasteiger partial charge in [0.2, 0.25) is 5.91 Å². The fourth-order valence-corrected chi connectivity index (χ4v) is 3.69. The summed E-state index contributed by atoms with van der Waals surface area (Å²) in [5.41, 5.74) is -0.483. The fourth-order valence-electron chi connectivity index (χ4n) is 2.94. The molecular formula is C22H23F3N4O2S. The third-order valence-corrected chi connectivity index (χ3v) is 5.31. The van der Waals surface area contributed by atoms with Crippen LogP contribution >= 0.6 is 11.8 Å². The first kappa shape index (κ1) is 23.6. The molecule has 0 aliphatic carbocycles. The molecule has 2 aromatic carbocycles. The molecule has 0 bridgehead atoms. The number of benzene rings is 2. The van der Waals surface area contributed by atoms with Crippen molar-refractivity contribution in [3.05, 3.63) is 65.7 Å². The second-order valence-corrected chi connectivity index (χ2v) is 8.44. The van der Waals surface area contributed by atoms with E-state index in [0.29, 0.717) is 23.3 Å². The quantitative estimate of drug-likeness (QED) is 0.440. The van der Waals surface area contributed by atoms with Crippen LogP contribution in [0.1, 0.15) is 32.7 Å². The van der Waals surface area contributed by atoms with Crippen molar-refractivity contribution < 1.29 is 22.7 Å². The number of amides is 1. The van der Waals surface area contributed by atoms with Crippen LogP contribution in [0.25, 0.3) is 0 Å². The zero-order valence-electron chi connectivity index (χ0n) is 17.8. The Kier molecular flexibility index (Phi) is 7.79. The van der Waals surface area contributed by atoms with E-state index in [1.165, 1.54) is 30.3 Å². The lowest BCUT2D eigenvalue weighted by Crippen LogP contribution is -2.18. The van der Waals surface area contributed by atoms with Crippen molar-refractivity contribution in [3.63, 3.8) is 0 Å². The van der Waals surface area contributed by atoms with Crippen molar-refractivity contribution in [1.29, 1.82) is 0 Å². The van der Waals surface area contributed by atoms with E-state index in [1.807, 2.05) is 18.4 Å². The van der Waals surface area contributed by atoms with E-state index in [0.717, 1.165) is 23.9 Å². The van der Waals surface area contributed by atoms with Gasteiger partial charge in [-0.05, 0) is 49.2 Å². The Morgan fingerprint density at radius 2 is 1.72 bits per heavy atom. The zero-order chi connectivity index (χ0) is 23.3. The maximum atomic E-state index is 13.8. The van der Waals surface area contributed by atoms with E-state index in [4.69, 9.17) is 4.74 Å². The van der Waals surface area contributed by atoms with Crippen LogP contribution in [-0.2, 0) is 11.3 Å². The van der Waals surface area contributed by atoms with E-state index >= 15 is 0 Å². The molecule has 3 rings (SSSR count). The lowest BCUT2D eigenvalue weighted by molar-refractivity contribution is -0.113. The molecule has 0 saturated carbocycles. The first-order chi connectivity index (χ1) is 15.2. The second kappa shape index (κ2) is 10.5. The van der Waals surface area contributed by atoms with Gasteiger partial charge in [0.05, 0.1) is 5.75 Å². The summed E-state index contributed by atoms with van der Waals surface area (Å²) >= 11 is 1.10. The molecule has 0 saturated heterocycles. The molecule has 32 heavy (non-hydrogen) atoms. The normalized spacial score (nSPS) is 12.1. The monoisotopic (exact) mass is 464 g/mol. The van der Waals surface area contributed by atoms with Crippen LogP contribution in [0, 0.1) is 23.4 Å². The number of para-hydroxylation sites is 1. The number of ether oxygens (including phenoxy) is 1. The van der Waals surface area contributed by atoms with Gasteiger partial charge in [0, 0.05) is 6.54 Å². The van der Waals surface area contributed by atoms with Crippen molar-refractivity contribution in [2.45, 2.75) is 38.6 Å². The van der Waals surface area contributed by atoms with Crippen LogP contribution in [0.5, 0.6) is 5.75 Å². The van der Waals surface area contributed by atoms with Crippen LogP contribution in [-0.4, -0.2) is 26.4 Å². The Balaban J connectivity index is 1.71. The second-order valence-electron chi connectivity index (χ2n) is 7.49. The Bertz CT molecular complexity index is 1050. The molecule has 3 aromatic rings. The number of anilines is 1. The molecule has 1 amide bonds. The number of thioether (sulfide) groups is 1. The topological polar surface area (TPSA) is 69.0 Å². The van der Waals surface area contributed by atoms with E-state index in [-0.39, 0.29) is 17.5 Å². The van der Waals surface area contributed by atoms with Gasteiger partial charge >= 0.3 is 0 Å². The molecule has 1 aromatic heterocycles. The Morgan fingerprint density at radius 1 is 1.06 bits per heavy atom. The average Bonchev–Trinajstić information content (AvgIpc) is 3.13. The van der Waals surface area contributed by atoms with Gasteiger partial charge in [-0.15, -0.1) is 10.2 Å². The molecular weight excluding hydrogens is 441 g/mol. The summed E-state index contributed by atoms with van der Waals surface area (Å²) < 4.78 is 48.3. The molecule has 1 unspecified atom stereocenters. The molecule has 1 atom stereocenters. The van der Waals surface area contributed by atoms with Crippen LogP contribution < -0.4 is 10.1 Å². The van der Waals surface area contributed by atoms with E-state index in [1.54, 1.807) is 6.92 Å². The number of rotatable bonds is 9. The van der Waals surface area contributed by atoms with Gasteiger partial charge in [0.25, 0.3) is 0 Å². The van der Waals surface area contributed by atoms with Gasteiger partial charge in [-0.25, -0.2) is 13.2 Å². The minimum Gasteiger partial charge on any atom is -0.483 e. The third kappa shape index (κ3) is 6.03. The summed E-state index contributed by atoms with van der Waals surface area (Å²) in [7, 11) is 0. The highest BCUT2D eigenvalue weighted by Gasteiger charge is 2.21. The molecule has 0 aliphatic heterocycles. The highest BCUT2D eigenvalue weighted by molar-refractivity contribution is 7.99. The van der Waals surface area contributed by atoms with E-state index in [2.05, 4.69) is 15.5 Å². The molecule has 0 fully saturated rings. The van der Waals surface area contributed by atoms with Crippen LogP contribution in [0.2, 0.25) is 0 Å². The SMILES string of the molecule is CC(C)Cn1c(SCC(=O)Nc2c(F)cccc2F)nnc1C(C)Oc1ccc(F)cc1.